The standard InChI is InChI=1S/C12H17NO/c1-8-7-10-5-4-6-11(9(2)13-3)12(10)14-8/h4-6,8-9,13H,7H2,1-3H3. The summed E-state index contributed by atoms with van der Waals surface area (Å²) < 4.78 is 5.82. The van der Waals surface area contributed by atoms with Crippen molar-refractivity contribution in [3.05, 3.63) is 29.3 Å². The maximum Gasteiger partial charge on any atom is 0.127 e. The molecule has 0 bridgehead atoms. The zero-order valence-corrected chi connectivity index (χ0v) is 9.00. The molecule has 2 rings (SSSR count). The van der Waals surface area contributed by atoms with Crippen LogP contribution in [0.1, 0.15) is 31.0 Å². The molecule has 0 aromatic heterocycles. The molecular weight excluding hydrogens is 174 g/mol. The Balaban J connectivity index is 2.39. The summed E-state index contributed by atoms with van der Waals surface area (Å²) in [5, 5.41) is 3.25. The first-order valence-electron chi connectivity index (χ1n) is 5.18. The number of rotatable bonds is 2. The maximum absolute atomic E-state index is 5.82. The molecule has 1 aliphatic heterocycles. The third-order valence-electron chi connectivity index (χ3n) is 2.85. The van der Waals surface area contributed by atoms with E-state index in [1.807, 2.05) is 7.05 Å². The van der Waals surface area contributed by atoms with Gasteiger partial charge < -0.3 is 10.1 Å². The molecule has 1 aromatic carbocycles. The van der Waals surface area contributed by atoms with Gasteiger partial charge >= 0.3 is 0 Å². The van der Waals surface area contributed by atoms with Crippen molar-refractivity contribution in [3.8, 4) is 5.75 Å². The van der Waals surface area contributed by atoms with Crippen LogP contribution in [-0.4, -0.2) is 13.2 Å². The van der Waals surface area contributed by atoms with Crippen LogP contribution in [0.5, 0.6) is 5.75 Å². The minimum Gasteiger partial charge on any atom is -0.490 e. The topological polar surface area (TPSA) is 21.3 Å². The Hall–Kier alpha value is -1.02. The number of nitrogens with one attached hydrogen (secondary N) is 1. The van der Waals surface area contributed by atoms with Gasteiger partial charge in [-0.2, -0.15) is 0 Å². The Morgan fingerprint density at radius 2 is 2.29 bits per heavy atom. The molecule has 0 spiro atoms. The van der Waals surface area contributed by atoms with Gasteiger partial charge in [0.2, 0.25) is 0 Å². The molecule has 14 heavy (non-hydrogen) atoms. The van der Waals surface area contributed by atoms with Crippen LogP contribution in [-0.2, 0) is 6.42 Å². The maximum atomic E-state index is 5.82. The van der Waals surface area contributed by atoms with Crippen molar-refractivity contribution >= 4 is 0 Å². The summed E-state index contributed by atoms with van der Waals surface area (Å²) in [5.74, 6) is 1.10. The van der Waals surface area contributed by atoms with Crippen molar-refractivity contribution in [2.45, 2.75) is 32.4 Å². The van der Waals surface area contributed by atoms with Gasteiger partial charge in [-0.15, -0.1) is 0 Å². The molecule has 0 saturated carbocycles. The summed E-state index contributed by atoms with van der Waals surface area (Å²) in [6, 6.07) is 6.77. The van der Waals surface area contributed by atoms with Crippen molar-refractivity contribution in [1.29, 1.82) is 0 Å². The predicted molar refractivity (Wildman–Crippen MR) is 57.7 cm³/mol. The number of ether oxygens (including phenoxy) is 1. The number of para-hydroxylation sites is 1. The molecule has 2 nitrogen and oxygen atoms in total. The fraction of sp³-hybridized carbons (Fsp3) is 0.500. The highest BCUT2D eigenvalue weighted by Crippen LogP contribution is 2.35. The lowest BCUT2D eigenvalue weighted by Crippen LogP contribution is -2.13. The lowest BCUT2D eigenvalue weighted by atomic mass is 10.0. The van der Waals surface area contributed by atoms with Crippen LogP contribution in [0.3, 0.4) is 0 Å². The van der Waals surface area contributed by atoms with Crippen LogP contribution in [0, 0.1) is 0 Å². The quantitative estimate of drug-likeness (QED) is 0.774. The second-order valence-corrected chi connectivity index (χ2v) is 3.98. The van der Waals surface area contributed by atoms with Gasteiger partial charge in [0, 0.05) is 18.0 Å². The number of hydrogen-bond donors (Lipinski definition) is 1. The average Bonchev–Trinajstić information content (AvgIpc) is 2.56. The first-order chi connectivity index (χ1) is 6.72. The van der Waals surface area contributed by atoms with E-state index in [4.69, 9.17) is 4.74 Å². The number of hydrogen-bond acceptors (Lipinski definition) is 2. The fourth-order valence-corrected chi connectivity index (χ4v) is 1.96. The van der Waals surface area contributed by atoms with E-state index in [2.05, 4.69) is 37.4 Å². The number of fused-ring (bicyclic) bond motifs is 1. The molecule has 1 N–H and O–H groups in total. The third kappa shape index (κ3) is 1.50. The van der Waals surface area contributed by atoms with Crippen LogP contribution in [0.25, 0.3) is 0 Å². The largest absolute Gasteiger partial charge is 0.490 e. The minimum atomic E-state index is 0.329. The molecule has 0 fully saturated rings. The Morgan fingerprint density at radius 1 is 1.50 bits per heavy atom. The predicted octanol–water partition coefficient (Wildman–Crippen LogP) is 2.29. The van der Waals surface area contributed by atoms with E-state index in [0.717, 1.165) is 12.2 Å². The van der Waals surface area contributed by atoms with Gasteiger partial charge in [0.1, 0.15) is 11.9 Å². The number of benzene rings is 1. The summed E-state index contributed by atoms with van der Waals surface area (Å²) in [4.78, 5) is 0. The van der Waals surface area contributed by atoms with E-state index in [0.29, 0.717) is 12.1 Å². The summed E-state index contributed by atoms with van der Waals surface area (Å²) in [5.41, 5.74) is 2.62. The normalized spacial score (nSPS) is 21.5. The summed E-state index contributed by atoms with van der Waals surface area (Å²) in [7, 11) is 1.97. The van der Waals surface area contributed by atoms with Crippen LogP contribution in [0.15, 0.2) is 18.2 Å². The second kappa shape index (κ2) is 3.62. The monoisotopic (exact) mass is 191 g/mol. The van der Waals surface area contributed by atoms with Crippen molar-refractivity contribution in [2.75, 3.05) is 7.05 Å². The minimum absolute atomic E-state index is 0.329. The van der Waals surface area contributed by atoms with Crippen LogP contribution in [0.4, 0.5) is 0 Å². The summed E-state index contributed by atoms with van der Waals surface area (Å²) in [6.45, 7) is 4.27. The Kier molecular flexibility index (Phi) is 2.46. The van der Waals surface area contributed by atoms with Gasteiger partial charge in [-0.25, -0.2) is 0 Å². The molecule has 0 saturated heterocycles. The molecule has 1 heterocycles. The van der Waals surface area contributed by atoms with E-state index >= 15 is 0 Å². The van der Waals surface area contributed by atoms with Crippen LogP contribution in [0.2, 0.25) is 0 Å². The molecule has 2 heteroatoms. The summed E-state index contributed by atoms with van der Waals surface area (Å²) >= 11 is 0. The highest BCUT2D eigenvalue weighted by Gasteiger charge is 2.23. The van der Waals surface area contributed by atoms with Gasteiger partial charge in [-0.05, 0) is 26.5 Å². The highest BCUT2D eigenvalue weighted by atomic mass is 16.5. The molecule has 0 radical (unpaired) electrons. The Labute approximate surface area is 85.3 Å². The van der Waals surface area contributed by atoms with E-state index in [1.165, 1.54) is 11.1 Å². The molecular formula is C12H17NO. The van der Waals surface area contributed by atoms with E-state index in [-0.39, 0.29) is 0 Å². The SMILES string of the molecule is CNC(C)c1cccc2c1OC(C)C2. The van der Waals surface area contributed by atoms with E-state index in [1.54, 1.807) is 0 Å². The molecule has 2 unspecified atom stereocenters. The first kappa shape index (κ1) is 9.53. The average molecular weight is 191 g/mol. The van der Waals surface area contributed by atoms with Crippen LogP contribution >= 0.6 is 0 Å². The van der Waals surface area contributed by atoms with Crippen LogP contribution < -0.4 is 10.1 Å². The summed E-state index contributed by atoms with van der Waals surface area (Å²) in [6.07, 6.45) is 1.37. The lowest BCUT2D eigenvalue weighted by Gasteiger charge is -2.15. The van der Waals surface area contributed by atoms with Gasteiger partial charge in [0.05, 0.1) is 0 Å². The van der Waals surface area contributed by atoms with Crippen molar-refractivity contribution < 1.29 is 4.74 Å². The first-order valence-corrected chi connectivity index (χ1v) is 5.18. The zero-order chi connectivity index (χ0) is 10.1. The van der Waals surface area contributed by atoms with Gasteiger partial charge in [-0.1, -0.05) is 18.2 Å². The van der Waals surface area contributed by atoms with Gasteiger partial charge in [0.25, 0.3) is 0 Å². The van der Waals surface area contributed by atoms with Gasteiger partial charge in [-0.3, -0.25) is 0 Å². The van der Waals surface area contributed by atoms with Crippen molar-refractivity contribution in [2.24, 2.45) is 0 Å². The molecule has 0 amide bonds. The fourth-order valence-electron chi connectivity index (χ4n) is 1.96. The molecule has 2 atom stereocenters. The van der Waals surface area contributed by atoms with E-state index in [9.17, 15) is 0 Å². The lowest BCUT2D eigenvalue weighted by molar-refractivity contribution is 0.251. The Morgan fingerprint density at radius 3 is 3.00 bits per heavy atom. The smallest absolute Gasteiger partial charge is 0.127 e. The second-order valence-electron chi connectivity index (χ2n) is 3.98. The molecule has 1 aromatic rings. The van der Waals surface area contributed by atoms with E-state index < -0.39 is 0 Å². The van der Waals surface area contributed by atoms with Gasteiger partial charge in [0.15, 0.2) is 0 Å². The van der Waals surface area contributed by atoms with Crippen molar-refractivity contribution in [3.63, 3.8) is 0 Å². The Bertz CT molecular complexity index is 335. The highest BCUT2D eigenvalue weighted by molar-refractivity contribution is 5.46. The molecule has 76 valence electrons. The molecule has 1 aliphatic rings. The van der Waals surface area contributed by atoms with Crippen molar-refractivity contribution in [1.82, 2.24) is 5.32 Å². The zero-order valence-electron chi connectivity index (χ0n) is 9.00. The molecule has 0 aliphatic carbocycles. The third-order valence-corrected chi connectivity index (χ3v) is 2.85.